The van der Waals surface area contributed by atoms with Gasteiger partial charge in [0.15, 0.2) is 6.10 Å². The fourth-order valence-electron chi connectivity index (χ4n) is 3.03. The highest BCUT2D eigenvalue weighted by Crippen LogP contribution is 2.29. The van der Waals surface area contributed by atoms with E-state index >= 15 is 0 Å². The molecule has 0 spiro atoms. The van der Waals surface area contributed by atoms with E-state index in [-0.39, 0.29) is 42.9 Å². The van der Waals surface area contributed by atoms with Gasteiger partial charge in [-0.25, -0.2) is 18.7 Å². The first-order valence-corrected chi connectivity index (χ1v) is 9.69. The Bertz CT molecular complexity index is 1100. The summed E-state index contributed by atoms with van der Waals surface area (Å²) < 4.78 is 35.2. The predicted octanol–water partition coefficient (Wildman–Crippen LogP) is 3.10. The molecule has 1 amide bonds. The Hall–Kier alpha value is -3.63. The Kier molecular flexibility index (Phi) is 8.78. The maximum absolute atomic E-state index is 14.9. The van der Waals surface area contributed by atoms with E-state index in [0.29, 0.717) is 11.1 Å². The number of ether oxygens (including phenoxy) is 1. The van der Waals surface area contributed by atoms with Crippen molar-refractivity contribution in [3.05, 3.63) is 77.1 Å². The number of hydrogen-bond donors (Lipinski definition) is 4. The van der Waals surface area contributed by atoms with E-state index in [1.165, 1.54) is 12.4 Å². The van der Waals surface area contributed by atoms with E-state index < -0.39 is 29.2 Å². The Morgan fingerprint density at radius 2 is 1.70 bits per heavy atom. The van der Waals surface area contributed by atoms with E-state index in [1.54, 1.807) is 31.2 Å². The molecule has 3 rings (SSSR count). The van der Waals surface area contributed by atoms with E-state index in [9.17, 15) is 13.6 Å². The van der Waals surface area contributed by atoms with Crippen LogP contribution in [0.4, 0.5) is 14.7 Å². The number of hydrogen-bond acceptors (Lipinski definition) is 6. The normalized spacial score (nSPS) is 11.4. The van der Waals surface area contributed by atoms with Crippen molar-refractivity contribution in [3.63, 3.8) is 0 Å². The standard InChI is InChI=1S/C22H22F2N6O2.ClH/c1-2-32-19(21(31)28-9-12-3-5-13(6-4-12)20(25)26)18-16(23)7-14(8-17(18)24)15-10-29-22(27)30-11-15;/h3-8,10-11,19H,2,9H2,1H3,(H3,25,26)(H,28,31)(H2,27,29,30);1H/t19-;/m0./s1. The molecule has 11 heteroatoms. The molecule has 0 aliphatic carbocycles. The van der Waals surface area contributed by atoms with Gasteiger partial charge in [0.1, 0.15) is 17.5 Å². The zero-order chi connectivity index (χ0) is 23.3. The number of rotatable bonds is 8. The smallest absolute Gasteiger partial charge is 0.254 e. The summed E-state index contributed by atoms with van der Waals surface area (Å²) in [5.74, 6) is -2.59. The molecule has 33 heavy (non-hydrogen) atoms. The van der Waals surface area contributed by atoms with Gasteiger partial charge >= 0.3 is 0 Å². The third kappa shape index (κ3) is 6.21. The van der Waals surface area contributed by atoms with Crippen LogP contribution >= 0.6 is 12.4 Å². The van der Waals surface area contributed by atoms with Crippen molar-refractivity contribution >= 4 is 30.1 Å². The van der Waals surface area contributed by atoms with Crippen LogP contribution in [-0.2, 0) is 16.1 Å². The summed E-state index contributed by atoms with van der Waals surface area (Å²) in [6, 6.07) is 8.85. The van der Waals surface area contributed by atoms with Gasteiger partial charge < -0.3 is 21.5 Å². The molecule has 1 aromatic heterocycles. The third-order valence-electron chi connectivity index (χ3n) is 4.65. The highest BCUT2D eigenvalue weighted by Gasteiger charge is 2.28. The SMILES string of the molecule is CCO[C@H](C(=O)NCc1ccc(C(=N)N)cc1)c1c(F)cc(-c2cnc(N)nc2)cc1F.Cl. The zero-order valence-corrected chi connectivity index (χ0v) is 18.5. The number of nitrogens with two attached hydrogens (primary N) is 2. The van der Waals surface area contributed by atoms with E-state index in [1.807, 2.05) is 0 Å². The van der Waals surface area contributed by atoms with Gasteiger partial charge in [-0.05, 0) is 30.2 Å². The second-order valence-electron chi connectivity index (χ2n) is 6.85. The number of amides is 1. The quantitative estimate of drug-likeness (QED) is 0.291. The van der Waals surface area contributed by atoms with Gasteiger partial charge in [0, 0.05) is 36.7 Å². The Labute approximate surface area is 195 Å². The van der Waals surface area contributed by atoms with Crippen LogP contribution in [0.25, 0.3) is 11.1 Å². The molecule has 0 saturated heterocycles. The van der Waals surface area contributed by atoms with Crippen molar-refractivity contribution in [3.8, 4) is 11.1 Å². The number of amidine groups is 1. The Morgan fingerprint density at radius 1 is 1.12 bits per heavy atom. The van der Waals surface area contributed by atoms with Crippen LogP contribution in [0, 0.1) is 17.0 Å². The molecule has 174 valence electrons. The predicted molar refractivity (Wildman–Crippen MR) is 123 cm³/mol. The molecule has 0 unspecified atom stereocenters. The number of nitrogens with zero attached hydrogens (tertiary/aromatic N) is 2. The van der Waals surface area contributed by atoms with Gasteiger partial charge in [0.05, 0.1) is 5.56 Å². The van der Waals surface area contributed by atoms with Gasteiger partial charge in [-0.15, -0.1) is 12.4 Å². The van der Waals surface area contributed by atoms with Gasteiger partial charge in [-0.2, -0.15) is 0 Å². The molecule has 1 heterocycles. The molecule has 3 aromatic rings. The van der Waals surface area contributed by atoms with Gasteiger partial charge in [-0.3, -0.25) is 10.2 Å². The Morgan fingerprint density at radius 3 is 2.21 bits per heavy atom. The number of anilines is 1. The lowest BCUT2D eigenvalue weighted by Crippen LogP contribution is -2.31. The van der Waals surface area contributed by atoms with Crippen molar-refractivity contribution in [2.45, 2.75) is 19.6 Å². The lowest BCUT2D eigenvalue weighted by Gasteiger charge is -2.19. The van der Waals surface area contributed by atoms with Crippen molar-refractivity contribution in [2.75, 3.05) is 12.3 Å². The maximum atomic E-state index is 14.9. The molecular formula is C22H23ClF2N6O2. The molecule has 6 N–H and O–H groups in total. The molecule has 1 atom stereocenters. The fourth-order valence-corrected chi connectivity index (χ4v) is 3.03. The summed E-state index contributed by atoms with van der Waals surface area (Å²) in [6.45, 7) is 1.79. The van der Waals surface area contributed by atoms with Crippen LogP contribution in [0.3, 0.4) is 0 Å². The summed E-state index contributed by atoms with van der Waals surface area (Å²) in [7, 11) is 0. The third-order valence-corrected chi connectivity index (χ3v) is 4.65. The number of carbonyl (C=O) groups is 1. The van der Waals surface area contributed by atoms with Crippen LogP contribution in [-0.4, -0.2) is 28.3 Å². The highest BCUT2D eigenvalue weighted by molar-refractivity contribution is 5.94. The van der Waals surface area contributed by atoms with Crippen LogP contribution in [0.1, 0.15) is 29.7 Å². The summed E-state index contributed by atoms with van der Waals surface area (Å²) >= 11 is 0. The molecule has 8 nitrogen and oxygen atoms in total. The van der Waals surface area contributed by atoms with E-state index in [0.717, 1.165) is 17.7 Å². The largest absolute Gasteiger partial charge is 0.384 e. The van der Waals surface area contributed by atoms with Crippen molar-refractivity contribution in [1.82, 2.24) is 15.3 Å². The van der Waals surface area contributed by atoms with Gasteiger partial charge in [-0.1, -0.05) is 24.3 Å². The first-order valence-electron chi connectivity index (χ1n) is 9.69. The lowest BCUT2D eigenvalue weighted by atomic mass is 10.0. The van der Waals surface area contributed by atoms with E-state index in [2.05, 4.69) is 15.3 Å². The number of carbonyl (C=O) groups excluding carboxylic acids is 1. The average molecular weight is 477 g/mol. The maximum Gasteiger partial charge on any atom is 0.254 e. The Balaban J connectivity index is 0.00000385. The minimum absolute atomic E-state index is 0. The number of nitrogen functional groups attached to an aromatic ring is 2. The minimum atomic E-state index is -1.48. The number of benzene rings is 2. The van der Waals surface area contributed by atoms with E-state index in [4.69, 9.17) is 21.6 Å². The highest BCUT2D eigenvalue weighted by atomic mass is 35.5. The fraction of sp³-hybridized carbons (Fsp3) is 0.182. The topological polar surface area (TPSA) is 140 Å². The summed E-state index contributed by atoms with van der Waals surface area (Å²) in [5.41, 5.74) is 12.2. The monoisotopic (exact) mass is 476 g/mol. The molecule has 2 aromatic carbocycles. The first-order chi connectivity index (χ1) is 15.3. The molecule has 0 bridgehead atoms. The lowest BCUT2D eigenvalue weighted by molar-refractivity contribution is -0.133. The number of nitrogens with one attached hydrogen (secondary N) is 2. The second-order valence-corrected chi connectivity index (χ2v) is 6.85. The molecule has 0 aliphatic heterocycles. The summed E-state index contributed by atoms with van der Waals surface area (Å²) in [5, 5.41) is 10.0. The molecule has 0 radical (unpaired) electrons. The first kappa shape index (κ1) is 25.6. The molecule has 0 fully saturated rings. The molecule has 0 aliphatic rings. The van der Waals surface area contributed by atoms with Crippen LogP contribution in [0.2, 0.25) is 0 Å². The minimum Gasteiger partial charge on any atom is -0.384 e. The van der Waals surface area contributed by atoms with Gasteiger partial charge in [0.25, 0.3) is 5.91 Å². The molecular weight excluding hydrogens is 454 g/mol. The summed E-state index contributed by atoms with van der Waals surface area (Å²) in [4.78, 5) is 20.3. The van der Waals surface area contributed by atoms with Crippen LogP contribution in [0.15, 0.2) is 48.8 Å². The van der Waals surface area contributed by atoms with Crippen LogP contribution < -0.4 is 16.8 Å². The van der Waals surface area contributed by atoms with Crippen molar-refractivity contribution in [1.29, 1.82) is 5.41 Å². The number of aromatic nitrogens is 2. The average Bonchev–Trinajstić information content (AvgIpc) is 2.77. The summed E-state index contributed by atoms with van der Waals surface area (Å²) in [6.07, 6.45) is 1.22. The number of halogens is 3. The van der Waals surface area contributed by atoms with Gasteiger partial charge in [0.2, 0.25) is 5.95 Å². The second kappa shape index (κ2) is 11.3. The van der Waals surface area contributed by atoms with Crippen LogP contribution in [0.5, 0.6) is 0 Å². The van der Waals surface area contributed by atoms with Crippen molar-refractivity contribution in [2.24, 2.45) is 5.73 Å². The van der Waals surface area contributed by atoms with Crippen molar-refractivity contribution < 1.29 is 18.3 Å². The zero-order valence-electron chi connectivity index (χ0n) is 17.6. The molecule has 0 saturated carbocycles.